The van der Waals surface area contributed by atoms with Crippen LogP contribution in [0.25, 0.3) is 0 Å². The number of nitrogens with one attached hydrogen (secondary N) is 2. The van der Waals surface area contributed by atoms with Crippen LogP contribution in [0.4, 0.5) is 0 Å². The summed E-state index contributed by atoms with van der Waals surface area (Å²) in [5.41, 5.74) is 12.4. The molecule has 12 atom stereocenters. The number of rotatable bonds is 17. The van der Waals surface area contributed by atoms with E-state index >= 15 is 0 Å². The summed E-state index contributed by atoms with van der Waals surface area (Å²) in [6.45, 7) is 12.2. The van der Waals surface area contributed by atoms with Gasteiger partial charge in [0.05, 0.1) is 12.8 Å². The molecule has 4 bridgehead atoms. The maximum Gasteiger partial charge on any atom is 0.307 e. The van der Waals surface area contributed by atoms with Gasteiger partial charge in [-0.1, -0.05) is 0 Å². The fraction of sp³-hybridized carbons (Fsp3) is 0.947. The predicted molar refractivity (Wildman–Crippen MR) is 181 cm³/mol. The molecule has 0 aromatic carbocycles. The van der Waals surface area contributed by atoms with Crippen LogP contribution >= 0.6 is 0 Å². The van der Waals surface area contributed by atoms with E-state index in [4.69, 9.17) is 20.9 Å². The minimum absolute atomic E-state index is 0.000757. The van der Waals surface area contributed by atoms with Crippen molar-refractivity contribution in [2.45, 2.75) is 116 Å². The highest BCUT2D eigenvalue weighted by molar-refractivity contribution is 5.70. The Bertz CT molecular complexity index is 1060. The average molecular weight is 643 g/mol. The Morgan fingerprint density at radius 3 is 1.85 bits per heavy atom. The Balaban J connectivity index is 0.768. The van der Waals surface area contributed by atoms with E-state index in [-0.39, 0.29) is 36.2 Å². The number of esters is 2. The first-order valence-corrected chi connectivity index (χ1v) is 19.1. The van der Waals surface area contributed by atoms with Crippen molar-refractivity contribution in [3.8, 4) is 0 Å². The van der Waals surface area contributed by atoms with Crippen molar-refractivity contribution in [3.05, 3.63) is 0 Å². The minimum Gasteiger partial charge on any atom is -0.462 e. The molecule has 0 aromatic heterocycles. The van der Waals surface area contributed by atoms with E-state index in [1.54, 1.807) is 0 Å². The first kappa shape index (κ1) is 34.6. The summed E-state index contributed by atoms with van der Waals surface area (Å²) < 4.78 is 10.7. The van der Waals surface area contributed by atoms with Crippen molar-refractivity contribution in [2.75, 3.05) is 39.4 Å². The maximum atomic E-state index is 12.3. The molecular formula is C38H66N4O4. The van der Waals surface area contributed by atoms with E-state index in [0.717, 1.165) is 96.9 Å². The second-order valence-corrected chi connectivity index (χ2v) is 18.2. The Morgan fingerprint density at radius 1 is 0.674 bits per heavy atom. The summed E-state index contributed by atoms with van der Waals surface area (Å²) >= 11 is 0. The van der Waals surface area contributed by atoms with Gasteiger partial charge in [-0.05, 0) is 176 Å². The van der Waals surface area contributed by atoms with Gasteiger partial charge in [-0.25, -0.2) is 0 Å². The SMILES string of the molecule is CC(C)(N)CC1CC2CC1C1CC(CNCCC(=O)OCCOC(=O)CCNC(C)(C)CC3CC4C5CC(CN)C(C5)C4C3)CC21. The highest BCUT2D eigenvalue weighted by atomic mass is 16.6. The van der Waals surface area contributed by atoms with Crippen molar-refractivity contribution in [3.63, 3.8) is 0 Å². The van der Waals surface area contributed by atoms with Crippen LogP contribution in [0.1, 0.15) is 105 Å². The van der Waals surface area contributed by atoms with E-state index in [2.05, 4.69) is 38.3 Å². The third-order valence-corrected chi connectivity index (χ3v) is 13.8. The topological polar surface area (TPSA) is 129 Å². The number of hydrogen-bond acceptors (Lipinski definition) is 8. The molecule has 0 aliphatic heterocycles. The van der Waals surface area contributed by atoms with E-state index in [1.807, 2.05) is 0 Å². The number of hydrogen-bond donors (Lipinski definition) is 4. The molecule has 0 heterocycles. The molecule has 262 valence electrons. The quantitative estimate of drug-likeness (QED) is 0.131. The molecule has 0 aromatic rings. The predicted octanol–water partition coefficient (Wildman–Crippen LogP) is 4.88. The van der Waals surface area contributed by atoms with Gasteiger partial charge < -0.3 is 31.6 Å². The lowest BCUT2D eigenvalue weighted by Gasteiger charge is -2.35. The standard InChI is InChI=1S/C38H66N4O4/c1-37(2,40)20-27-15-25-17-31(27)34-14-24(13-30(25)34)22-41-7-5-35(43)45-9-10-46-36(44)6-8-42-38(3,4)19-23-11-29-26-16-28(21-39)32(18-26)33(29)12-23/h23-34,41-42H,5-22,39-40H2,1-4H3. The van der Waals surface area contributed by atoms with Crippen molar-refractivity contribution in [1.29, 1.82) is 0 Å². The molecular weight excluding hydrogens is 576 g/mol. The van der Waals surface area contributed by atoms with Crippen LogP contribution in [0.5, 0.6) is 0 Å². The van der Waals surface area contributed by atoms with Gasteiger partial charge >= 0.3 is 11.9 Å². The summed E-state index contributed by atoms with van der Waals surface area (Å²) in [7, 11) is 0. The molecule has 6 N–H and O–H groups in total. The number of carbonyl (C=O) groups is 2. The van der Waals surface area contributed by atoms with Gasteiger partial charge in [0.2, 0.25) is 0 Å². The molecule has 6 rings (SSSR count). The minimum atomic E-state index is -0.242. The number of nitrogens with two attached hydrogens (primary N) is 2. The van der Waals surface area contributed by atoms with Crippen molar-refractivity contribution in [2.24, 2.45) is 82.5 Å². The smallest absolute Gasteiger partial charge is 0.307 e. The highest BCUT2D eigenvalue weighted by Crippen LogP contribution is 2.64. The molecule has 6 aliphatic rings. The Hall–Kier alpha value is -1.22. The van der Waals surface area contributed by atoms with Crippen LogP contribution in [-0.4, -0.2) is 62.4 Å². The second kappa shape index (κ2) is 14.3. The van der Waals surface area contributed by atoms with Gasteiger partial charge in [0, 0.05) is 24.2 Å². The Morgan fingerprint density at radius 2 is 1.22 bits per heavy atom. The van der Waals surface area contributed by atoms with E-state index in [1.165, 1.54) is 51.4 Å². The average Bonchev–Trinajstić information content (AvgIpc) is 3.80. The van der Waals surface area contributed by atoms with Crippen LogP contribution in [0.3, 0.4) is 0 Å². The van der Waals surface area contributed by atoms with E-state index < -0.39 is 0 Å². The zero-order chi connectivity index (χ0) is 32.6. The normalized spacial score (nSPS) is 39.2. The van der Waals surface area contributed by atoms with Crippen LogP contribution in [-0.2, 0) is 19.1 Å². The molecule has 0 saturated heterocycles. The third-order valence-electron chi connectivity index (χ3n) is 13.8. The van der Waals surface area contributed by atoms with Gasteiger partial charge in [-0.2, -0.15) is 0 Å². The van der Waals surface area contributed by atoms with Crippen LogP contribution < -0.4 is 22.1 Å². The molecule has 12 unspecified atom stereocenters. The number of ether oxygens (including phenoxy) is 2. The zero-order valence-electron chi connectivity index (χ0n) is 29.4. The number of carbonyl (C=O) groups excluding carboxylic acids is 2. The highest BCUT2D eigenvalue weighted by Gasteiger charge is 2.57. The van der Waals surface area contributed by atoms with Crippen LogP contribution in [0.15, 0.2) is 0 Å². The molecule has 6 fully saturated rings. The molecule has 8 nitrogen and oxygen atoms in total. The Kier molecular flexibility index (Phi) is 10.8. The molecule has 0 radical (unpaired) electrons. The summed E-state index contributed by atoms with van der Waals surface area (Å²) in [6, 6.07) is 0. The summed E-state index contributed by atoms with van der Waals surface area (Å²) in [6.07, 6.45) is 14.0. The van der Waals surface area contributed by atoms with Gasteiger partial charge in [-0.3, -0.25) is 9.59 Å². The molecule has 0 amide bonds. The fourth-order valence-corrected chi connectivity index (χ4v) is 12.4. The van der Waals surface area contributed by atoms with Crippen LogP contribution in [0, 0.1) is 71.0 Å². The van der Waals surface area contributed by atoms with Gasteiger partial charge in [0.1, 0.15) is 13.2 Å². The molecule has 6 saturated carbocycles. The molecule has 0 spiro atoms. The molecule has 46 heavy (non-hydrogen) atoms. The fourth-order valence-electron chi connectivity index (χ4n) is 12.4. The largest absolute Gasteiger partial charge is 0.462 e. The first-order valence-electron chi connectivity index (χ1n) is 19.1. The van der Waals surface area contributed by atoms with Gasteiger partial charge in [0.25, 0.3) is 0 Å². The second-order valence-electron chi connectivity index (χ2n) is 18.2. The lowest BCUT2D eigenvalue weighted by Crippen LogP contribution is -2.42. The summed E-state index contributed by atoms with van der Waals surface area (Å²) in [5, 5.41) is 7.13. The summed E-state index contributed by atoms with van der Waals surface area (Å²) in [5.74, 6) is 9.88. The maximum absolute atomic E-state index is 12.3. The Labute approximate surface area is 279 Å². The molecule has 6 aliphatic carbocycles. The van der Waals surface area contributed by atoms with Crippen molar-refractivity contribution in [1.82, 2.24) is 10.6 Å². The van der Waals surface area contributed by atoms with E-state index in [0.29, 0.717) is 25.9 Å². The number of fused-ring (bicyclic) bond motifs is 10. The van der Waals surface area contributed by atoms with E-state index in [9.17, 15) is 9.59 Å². The lowest BCUT2D eigenvalue weighted by atomic mass is 9.72. The van der Waals surface area contributed by atoms with Crippen LogP contribution in [0.2, 0.25) is 0 Å². The molecule has 8 heteroatoms. The van der Waals surface area contributed by atoms with Gasteiger partial charge in [-0.15, -0.1) is 0 Å². The monoisotopic (exact) mass is 643 g/mol. The van der Waals surface area contributed by atoms with Gasteiger partial charge in [0.15, 0.2) is 0 Å². The lowest BCUT2D eigenvalue weighted by molar-refractivity contribution is -0.152. The first-order chi connectivity index (χ1) is 21.9. The zero-order valence-corrected chi connectivity index (χ0v) is 29.4. The van der Waals surface area contributed by atoms with Crippen molar-refractivity contribution < 1.29 is 19.1 Å². The third kappa shape index (κ3) is 8.14. The summed E-state index contributed by atoms with van der Waals surface area (Å²) in [4.78, 5) is 24.5. The van der Waals surface area contributed by atoms with Crippen molar-refractivity contribution >= 4 is 11.9 Å².